The fourth-order valence-electron chi connectivity index (χ4n) is 4.48. The second kappa shape index (κ2) is 5.57. The molecule has 0 radical (unpaired) electrons. The van der Waals surface area contributed by atoms with Crippen molar-refractivity contribution in [3.05, 3.63) is 10.6 Å². The van der Waals surface area contributed by atoms with Crippen molar-refractivity contribution in [3.63, 3.8) is 0 Å². The van der Waals surface area contributed by atoms with Crippen LogP contribution >= 0.6 is 11.5 Å². The SMILES string of the molecule is Cc1snnc1C(=O)N1CCC2(CC1)CC(N1CCCC1)C2. The van der Waals surface area contributed by atoms with Gasteiger partial charge in [0.2, 0.25) is 0 Å². The molecule has 1 aromatic rings. The summed E-state index contributed by atoms with van der Waals surface area (Å²) in [5.41, 5.74) is 1.09. The van der Waals surface area contributed by atoms with Gasteiger partial charge in [-0.05, 0) is 75.5 Å². The fraction of sp³-hybridized carbons (Fsp3) is 0.812. The van der Waals surface area contributed by atoms with Crippen LogP contribution in [0.3, 0.4) is 0 Å². The van der Waals surface area contributed by atoms with Gasteiger partial charge in [-0.1, -0.05) is 4.49 Å². The third kappa shape index (κ3) is 2.46. The fourth-order valence-corrected chi connectivity index (χ4v) is 4.94. The highest BCUT2D eigenvalue weighted by molar-refractivity contribution is 7.05. The molecule has 1 saturated carbocycles. The highest BCUT2D eigenvalue weighted by Gasteiger charge is 2.48. The molecule has 0 atom stereocenters. The Morgan fingerprint density at radius 1 is 1.18 bits per heavy atom. The quantitative estimate of drug-likeness (QED) is 0.839. The lowest BCUT2D eigenvalue weighted by molar-refractivity contribution is -0.0312. The highest BCUT2D eigenvalue weighted by atomic mass is 32.1. The van der Waals surface area contributed by atoms with E-state index in [4.69, 9.17) is 0 Å². The lowest BCUT2D eigenvalue weighted by atomic mass is 9.60. The van der Waals surface area contributed by atoms with E-state index in [1.54, 1.807) is 0 Å². The van der Waals surface area contributed by atoms with Gasteiger partial charge in [0.1, 0.15) is 0 Å². The molecule has 1 amide bonds. The maximum atomic E-state index is 12.5. The number of carbonyl (C=O) groups excluding carboxylic acids is 1. The Labute approximate surface area is 135 Å². The van der Waals surface area contributed by atoms with E-state index >= 15 is 0 Å². The Balaban J connectivity index is 1.32. The van der Waals surface area contributed by atoms with Gasteiger partial charge < -0.3 is 9.80 Å². The second-order valence-electron chi connectivity index (χ2n) is 7.28. The molecule has 4 rings (SSSR count). The van der Waals surface area contributed by atoms with E-state index < -0.39 is 0 Å². The first-order chi connectivity index (χ1) is 10.7. The number of amides is 1. The summed E-state index contributed by atoms with van der Waals surface area (Å²) in [7, 11) is 0. The molecule has 120 valence electrons. The maximum absolute atomic E-state index is 12.5. The van der Waals surface area contributed by atoms with Crippen molar-refractivity contribution < 1.29 is 4.79 Å². The molecule has 0 N–H and O–H groups in total. The first-order valence-corrected chi connectivity index (χ1v) is 9.27. The van der Waals surface area contributed by atoms with Gasteiger partial charge in [-0.3, -0.25) is 4.79 Å². The molecule has 0 aromatic carbocycles. The summed E-state index contributed by atoms with van der Waals surface area (Å²) in [5.74, 6) is 0.0801. The van der Waals surface area contributed by atoms with Gasteiger partial charge in [0.05, 0.1) is 4.88 Å². The average molecular weight is 320 g/mol. The number of piperidine rings is 1. The number of hydrogen-bond acceptors (Lipinski definition) is 5. The van der Waals surface area contributed by atoms with E-state index in [-0.39, 0.29) is 5.91 Å². The van der Waals surface area contributed by atoms with Crippen LogP contribution in [-0.2, 0) is 0 Å². The van der Waals surface area contributed by atoms with E-state index in [9.17, 15) is 4.79 Å². The molecule has 3 fully saturated rings. The zero-order valence-electron chi connectivity index (χ0n) is 13.3. The maximum Gasteiger partial charge on any atom is 0.275 e. The Hall–Kier alpha value is -1.01. The molecule has 3 heterocycles. The van der Waals surface area contributed by atoms with Gasteiger partial charge in [-0.2, -0.15) is 0 Å². The largest absolute Gasteiger partial charge is 0.337 e. The smallest absolute Gasteiger partial charge is 0.275 e. The van der Waals surface area contributed by atoms with Gasteiger partial charge >= 0.3 is 0 Å². The van der Waals surface area contributed by atoms with Gasteiger partial charge in [0, 0.05) is 19.1 Å². The molecule has 2 aliphatic heterocycles. The molecule has 1 aromatic heterocycles. The van der Waals surface area contributed by atoms with Crippen molar-refractivity contribution in [2.45, 2.75) is 51.5 Å². The van der Waals surface area contributed by atoms with Crippen molar-refractivity contribution >= 4 is 17.4 Å². The zero-order valence-corrected chi connectivity index (χ0v) is 14.1. The van der Waals surface area contributed by atoms with Crippen LogP contribution in [0, 0.1) is 12.3 Å². The monoisotopic (exact) mass is 320 g/mol. The molecule has 2 saturated heterocycles. The molecule has 1 spiro atoms. The first-order valence-electron chi connectivity index (χ1n) is 8.49. The second-order valence-corrected chi connectivity index (χ2v) is 8.23. The summed E-state index contributed by atoms with van der Waals surface area (Å²) in [6.07, 6.45) is 7.80. The summed E-state index contributed by atoms with van der Waals surface area (Å²) >= 11 is 1.31. The number of likely N-dealkylation sites (tertiary alicyclic amines) is 2. The van der Waals surface area contributed by atoms with Crippen LogP contribution in [0.5, 0.6) is 0 Å². The molecular formula is C16H24N4OS. The lowest BCUT2D eigenvalue weighted by Gasteiger charge is -2.54. The summed E-state index contributed by atoms with van der Waals surface area (Å²) in [6, 6.07) is 0.828. The van der Waals surface area contributed by atoms with Gasteiger partial charge in [-0.25, -0.2) is 0 Å². The van der Waals surface area contributed by atoms with Crippen LogP contribution in [0.15, 0.2) is 0 Å². The van der Waals surface area contributed by atoms with Crippen LogP contribution in [0.4, 0.5) is 0 Å². The zero-order chi connectivity index (χ0) is 15.2. The predicted molar refractivity (Wildman–Crippen MR) is 86.0 cm³/mol. The van der Waals surface area contributed by atoms with Gasteiger partial charge in [0.25, 0.3) is 5.91 Å². The summed E-state index contributed by atoms with van der Waals surface area (Å²) in [4.78, 5) is 18.1. The van der Waals surface area contributed by atoms with Crippen LogP contribution < -0.4 is 0 Å². The lowest BCUT2D eigenvalue weighted by Crippen LogP contribution is -2.55. The molecule has 0 bridgehead atoms. The number of rotatable bonds is 2. The van der Waals surface area contributed by atoms with Crippen molar-refractivity contribution in [3.8, 4) is 0 Å². The van der Waals surface area contributed by atoms with E-state index in [0.29, 0.717) is 11.1 Å². The number of hydrogen-bond donors (Lipinski definition) is 0. The van der Waals surface area contributed by atoms with Crippen molar-refractivity contribution in [2.75, 3.05) is 26.2 Å². The number of aryl methyl sites for hydroxylation is 1. The van der Waals surface area contributed by atoms with E-state index in [1.807, 2.05) is 11.8 Å². The van der Waals surface area contributed by atoms with Crippen LogP contribution in [0.25, 0.3) is 0 Å². The summed E-state index contributed by atoms with van der Waals surface area (Å²) in [6.45, 7) is 6.32. The minimum Gasteiger partial charge on any atom is -0.337 e. The van der Waals surface area contributed by atoms with Crippen molar-refractivity contribution in [1.29, 1.82) is 0 Å². The molecule has 0 unspecified atom stereocenters. The first kappa shape index (κ1) is 14.6. The number of nitrogens with zero attached hydrogens (tertiary/aromatic N) is 4. The third-order valence-electron chi connectivity index (χ3n) is 5.96. The Morgan fingerprint density at radius 2 is 1.86 bits per heavy atom. The molecule has 1 aliphatic carbocycles. The van der Waals surface area contributed by atoms with Crippen LogP contribution in [-0.4, -0.2) is 57.5 Å². The minimum atomic E-state index is 0.0801. The molecule has 6 heteroatoms. The van der Waals surface area contributed by atoms with Crippen LogP contribution in [0.1, 0.15) is 53.9 Å². The van der Waals surface area contributed by atoms with Crippen molar-refractivity contribution in [2.24, 2.45) is 5.41 Å². The Morgan fingerprint density at radius 3 is 2.45 bits per heavy atom. The molecule has 5 nitrogen and oxygen atoms in total. The summed E-state index contributed by atoms with van der Waals surface area (Å²) in [5, 5.41) is 4.00. The highest BCUT2D eigenvalue weighted by Crippen LogP contribution is 2.51. The average Bonchev–Trinajstić information content (AvgIpc) is 3.15. The Kier molecular flexibility index (Phi) is 3.69. The van der Waals surface area contributed by atoms with Gasteiger partial charge in [0.15, 0.2) is 5.69 Å². The van der Waals surface area contributed by atoms with E-state index in [1.165, 1.54) is 63.1 Å². The standard InChI is InChI=1S/C16H24N4OS/c1-12-14(17-18-22-12)15(21)20-8-4-16(5-9-20)10-13(11-16)19-6-2-3-7-19/h13H,2-11H2,1H3. The van der Waals surface area contributed by atoms with Gasteiger partial charge in [-0.15, -0.1) is 5.10 Å². The Bertz CT molecular complexity index is 550. The predicted octanol–water partition coefficient (Wildman–Crippen LogP) is 2.33. The van der Waals surface area contributed by atoms with Crippen molar-refractivity contribution in [1.82, 2.24) is 19.4 Å². The van der Waals surface area contributed by atoms with E-state index in [0.717, 1.165) is 24.0 Å². The summed E-state index contributed by atoms with van der Waals surface area (Å²) < 4.78 is 3.89. The topological polar surface area (TPSA) is 49.3 Å². The van der Waals surface area contributed by atoms with Crippen LogP contribution in [0.2, 0.25) is 0 Å². The molecular weight excluding hydrogens is 296 g/mol. The van der Waals surface area contributed by atoms with E-state index in [2.05, 4.69) is 14.5 Å². The third-order valence-corrected chi connectivity index (χ3v) is 6.59. The number of carbonyl (C=O) groups is 1. The normalized spacial score (nSPS) is 25.6. The number of aromatic nitrogens is 2. The molecule has 22 heavy (non-hydrogen) atoms. The minimum absolute atomic E-state index is 0.0801. The molecule has 3 aliphatic rings.